The zero-order chi connectivity index (χ0) is 15.2. The fraction of sp³-hybridized carbons (Fsp3) is 0.235. The van der Waals surface area contributed by atoms with Crippen LogP contribution in [0.25, 0.3) is 0 Å². The van der Waals surface area contributed by atoms with Crippen molar-refractivity contribution >= 4 is 27.5 Å². The predicted octanol–water partition coefficient (Wildman–Crippen LogP) is 4.08. The summed E-state index contributed by atoms with van der Waals surface area (Å²) in [5.74, 6) is 0.0427. The molecule has 2 aromatic carbocycles. The van der Waals surface area contributed by atoms with Crippen molar-refractivity contribution in [2.24, 2.45) is 0 Å². The molecule has 0 aliphatic heterocycles. The number of hydrogen-bond donors (Lipinski definition) is 1. The maximum atomic E-state index is 12.7. The Labute approximate surface area is 133 Å². The number of amides is 1. The van der Waals surface area contributed by atoms with Gasteiger partial charge in [0.1, 0.15) is 0 Å². The molecule has 0 atom stereocenters. The van der Waals surface area contributed by atoms with Crippen LogP contribution >= 0.6 is 15.9 Å². The quantitative estimate of drug-likeness (QED) is 0.829. The van der Waals surface area contributed by atoms with Crippen molar-refractivity contribution in [1.82, 2.24) is 4.90 Å². The monoisotopic (exact) mass is 346 g/mol. The van der Waals surface area contributed by atoms with Gasteiger partial charge in [-0.3, -0.25) is 4.79 Å². The summed E-state index contributed by atoms with van der Waals surface area (Å²) in [7, 11) is 0. The van der Waals surface area contributed by atoms with E-state index in [1.165, 1.54) is 0 Å². The molecule has 21 heavy (non-hydrogen) atoms. The Hall–Kier alpha value is -1.81. The van der Waals surface area contributed by atoms with Gasteiger partial charge >= 0.3 is 0 Å². The van der Waals surface area contributed by atoms with Crippen LogP contribution in [0.2, 0.25) is 0 Å². The molecular formula is C17H19BrN2O. The predicted molar refractivity (Wildman–Crippen MR) is 90.0 cm³/mol. The molecule has 0 saturated carbocycles. The van der Waals surface area contributed by atoms with Gasteiger partial charge in [0.25, 0.3) is 5.91 Å². The molecule has 2 aromatic rings. The standard InChI is InChI=1S/C17H19BrN2O/c1-2-11-20(12-13-7-9-14(19)10-8-13)17(21)15-5-3-4-6-16(15)18/h3-10H,2,11-12,19H2,1H3. The topological polar surface area (TPSA) is 46.3 Å². The number of rotatable bonds is 5. The maximum Gasteiger partial charge on any atom is 0.255 e. The number of carbonyl (C=O) groups is 1. The number of nitrogen functional groups attached to an aromatic ring is 1. The summed E-state index contributed by atoms with van der Waals surface area (Å²) >= 11 is 3.45. The first-order valence-corrected chi connectivity index (χ1v) is 7.79. The van der Waals surface area contributed by atoms with Crippen LogP contribution in [0.3, 0.4) is 0 Å². The van der Waals surface area contributed by atoms with E-state index in [4.69, 9.17) is 5.73 Å². The smallest absolute Gasteiger partial charge is 0.255 e. The molecule has 0 fully saturated rings. The van der Waals surface area contributed by atoms with Crippen molar-refractivity contribution in [3.8, 4) is 0 Å². The highest BCUT2D eigenvalue weighted by molar-refractivity contribution is 9.10. The van der Waals surface area contributed by atoms with E-state index in [0.717, 1.165) is 28.7 Å². The average Bonchev–Trinajstić information content (AvgIpc) is 2.49. The minimum Gasteiger partial charge on any atom is -0.399 e. The van der Waals surface area contributed by atoms with Gasteiger partial charge in [0.15, 0.2) is 0 Å². The van der Waals surface area contributed by atoms with Crippen LogP contribution in [0.1, 0.15) is 29.3 Å². The molecule has 0 radical (unpaired) electrons. The number of benzene rings is 2. The summed E-state index contributed by atoms with van der Waals surface area (Å²) in [5, 5.41) is 0. The molecule has 0 unspecified atom stereocenters. The summed E-state index contributed by atoms with van der Waals surface area (Å²) in [6, 6.07) is 15.2. The molecule has 3 nitrogen and oxygen atoms in total. The SMILES string of the molecule is CCCN(Cc1ccc(N)cc1)C(=O)c1ccccc1Br. The van der Waals surface area contributed by atoms with Gasteiger partial charge in [0.05, 0.1) is 5.56 Å². The first-order chi connectivity index (χ1) is 10.1. The van der Waals surface area contributed by atoms with Crippen molar-refractivity contribution in [1.29, 1.82) is 0 Å². The molecular weight excluding hydrogens is 328 g/mol. The van der Waals surface area contributed by atoms with E-state index in [1.807, 2.05) is 53.4 Å². The molecule has 0 bridgehead atoms. The lowest BCUT2D eigenvalue weighted by atomic mass is 10.1. The summed E-state index contributed by atoms with van der Waals surface area (Å²) in [4.78, 5) is 14.6. The Morgan fingerprint density at radius 2 is 1.81 bits per heavy atom. The van der Waals surface area contributed by atoms with Gasteiger partial charge < -0.3 is 10.6 Å². The summed E-state index contributed by atoms with van der Waals surface area (Å²) in [5.41, 5.74) is 8.21. The fourth-order valence-corrected chi connectivity index (χ4v) is 2.63. The van der Waals surface area contributed by atoms with Crippen LogP contribution < -0.4 is 5.73 Å². The third-order valence-corrected chi connectivity index (χ3v) is 3.93. The van der Waals surface area contributed by atoms with Gasteiger partial charge in [-0.1, -0.05) is 31.2 Å². The first-order valence-electron chi connectivity index (χ1n) is 7.00. The Morgan fingerprint density at radius 3 is 2.43 bits per heavy atom. The molecule has 0 saturated heterocycles. The van der Waals surface area contributed by atoms with E-state index < -0.39 is 0 Å². The molecule has 1 amide bonds. The second-order valence-electron chi connectivity index (χ2n) is 4.95. The van der Waals surface area contributed by atoms with Crippen LogP contribution in [0.5, 0.6) is 0 Å². The minimum atomic E-state index is 0.0427. The number of carbonyl (C=O) groups excluding carboxylic acids is 1. The van der Waals surface area contributed by atoms with Crippen molar-refractivity contribution in [3.63, 3.8) is 0 Å². The number of anilines is 1. The van der Waals surface area contributed by atoms with Crippen LogP contribution in [0, 0.1) is 0 Å². The highest BCUT2D eigenvalue weighted by atomic mass is 79.9. The van der Waals surface area contributed by atoms with E-state index in [0.29, 0.717) is 12.1 Å². The molecule has 0 aliphatic carbocycles. The van der Waals surface area contributed by atoms with E-state index in [-0.39, 0.29) is 5.91 Å². The van der Waals surface area contributed by atoms with Crippen LogP contribution in [-0.2, 0) is 6.54 Å². The fourth-order valence-electron chi connectivity index (χ4n) is 2.17. The number of halogens is 1. The zero-order valence-corrected chi connectivity index (χ0v) is 13.6. The Bertz CT molecular complexity index is 610. The van der Waals surface area contributed by atoms with E-state index in [9.17, 15) is 4.79 Å². The summed E-state index contributed by atoms with van der Waals surface area (Å²) < 4.78 is 0.827. The molecule has 0 spiro atoms. The third-order valence-electron chi connectivity index (χ3n) is 3.24. The molecule has 0 heterocycles. The zero-order valence-electron chi connectivity index (χ0n) is 12.1. The number of hydrogen-bond acceptors (Lipinski definition) is 2. The summed E-state index contributed by atoms with van der Waals surface area (Å²) in [6.07, 6.45) is 0.922. The molecule has 4 heteroatoms. The first kappa shape index (κ1) is 15.6. The minimum absolute atomic E-state index is 0.0427. The lowest BCUT2D eigenvalue weighted by molar-refractivity contribution is 0.0742. The third kappa shape index (κ3) is 4.08. The largest absolute Gasteiger partial charge is 0.399 e. The van der Waals surface area contributed by atoms with Gasteiger partial charge in [-0.05, 0) is 52.2 Å². The molecule has 0 aromatic heterocycles. The van der Waals surface area contributed by atoms with Gasteiger partial charge in [-0.15, -0.1) is 0 Å². The van der Waals surface area contributed by atoms with E-state index >= 15 is 0 Å². The van der Waals surface area contributed by atoms with Crippen LogP contribution in [0.4, 0.5) is 5.69 Å². The Balaban J connectivity index is 2.20. The molecule has 0 aliphatic rings. The van der Waals surface area contributed by atoms with Gasteiger partial charge in [0.2, 0.25) is 0 Å². The highest BCUT2D eigenvalue weighted by Crippen LogP contribution is 2.19. The second kappa shape index (κ2) is 7.27. The summed E-state index contributed by atoms with van der Waals surface area (Å²) in [6.45, 7) is 3.39. The van der Waals surface area contributed by atoms with E-state index in [2.05, 4.69) is 22.9 Å². The normalized spacial score (nSPS) is 10.4. The molecule has 2 N–H and O–H groups in total. The van der Waals surface area contributed by atoms with Crippen LogP contribution in [-0.4, -0.2) is 17.4 Å². The van der Waals surface area contributed by atoms with Crippen molar-refractivity contribution in [2.45, 2.75) is 19.9 Å². The Morgan fingerprint density at radius 1 is 1.14 bits per heavy atom. The van der Waals surface area contributed by atoms with Crippen molar-refractivity contribution < 1.29 is 4.79 Å². The average molecular weight is 347 g/mol. The molecule has 2 rings (SSSR count). The van der Waals surface area contributed by atoms with E-state index in [1.54, 1.807) is 0 Å². The lowest BCUT2D eigenvalue weighted by Gasteiger charge is -2.23. The van der Waals surface area contributed by atoms with Crippen LogP contribution in [0.15, 0.2) is 53.0 Å². The van der Waals surface area contributed by atoms with Gasteiger partial charge in [0, 0.05) is 23.2 Å². The van der Waals surface area contributed by atoms with Crippen molar-refractivity contribution in [2.75, 3.05) is 12.3 Å². The Kier molecular flexibility index (Phi) is 5.39. The van der Waals surface area contributed by atoms with Gasteiger partial charge in [-0.2, -0.15) is 0 Å². The maximum absolute atomic E-state index is 12.7. The highest BCUT2D eigenvalue weighted by Gasteiger charge is 2.17. The lowest BCUT2D eigenvalue weighted by Crippen LogP contribution is -2.31. The van der Waals surface area contributed by atoms with Gasteiger partial charge in [-0.25, -0.2) is 0 Å². The number of nitrogens with two attached hydrogens (primary N) is 1. The molecule has 110 valence electrons. The second-order valence-corrected chi connectivity index (χ2v) is 5.80. The number of nitrogens with zero attached hydrogens (tertiary/aromatic N) is 1. The van der Waals surface area contributed by atoms with Crippen molar-refractivity contribution in [3.05, 3.63) is 64.1 Å².